The van der Waals surface area contributed by atoms with Crippen molar-refractivity contribution < 1.29 is 4.74 Å². The summed E-state index contributed by atoms with van der Waals surface area (Å²) in [5, 5.41) is 0.649. The van der Waals surface area contributed by atoms with Crippen LogP contribution in [0.2, 0.25) is 10.0 Å². The summed E-state index contributed by atoms with van der Waals surface area (Å²) >= 11 is 11.7. The van der Waals surface area contributed by atoms with Crippen LogP contribution >= 0.6 is 23.2 Å². The highest BCUT2D eigenvalue weighted by atomic mass is 35.5. The Labute approximate surface area is 110 Å². The van der Waals surface area contributed by atoms with Gasteiger partial charge in [-0.2, -0.15) is 0 Å². The van der Waals surface area contributed by atoms with Crippen LogP contribution in [0.15, 0.2) is 17.1 Å². The van der Waals surface area contributed by atoms with Crippen molar-refractivity contribution in [3.8, 4) is 0 Å². The fourth-order valence-corrected chi connectivity index (χ4v) is 2.31. The molecule has 0 radical (unpaired) electrons. The zero-order valence-electron chi connectivity index (χ0n) is 9.36. The molecule has 0 amide bonds. The van der Waals surface area contributed by atoms with Crippen LogP contribution in [0.1, 0.15) is 0 Å². The van der Waals surface area contributed by atoms with E-state index in [1.807, 2.05) is 0 Å². The van der Waals surface area contributed by atoms with Crippen molar-refractivity contribution in [2.24, 2.45) is 0 Å². The first kappa shape index (κ1) is 12.9. The van der Waals surface area contributed by atoms with E-state index >= 15 is 0 Å². The molecule has 1 saturated heterocycles. The average Bonchev–Trinajstić information content (AvgIpc) is 2.33. The van der Waals surface area contributed by atoms with Crippen molar-refractivity contribution in [2.45, 2.75) is 6.54 Å². The van der Waals surface area contributed by atoms with Gasteiger partial charge in [-0.15, -0.1) is 0 Å². The Morgan fingerprint density at radius 3 is 2.65 bits per heavy atom. The Morgan fingerprint density at radius 1 is 1.24 bits per heavy atom. The third-order valence-corrected chi connectivity index (χ3v) is 3.25. The summed E-state index contributed by atoms with van der Waals surface area (Å²) in [6, 6.07) is 1.47. The van der Waals surface area contributed by atoms with E-state index in [0.717, 1.165) is 32.8 Å². The number of pyridine rings is 1. The largest absolute Gasteiger partial charge is 0.379 e. The van der Waals surface area contributed by atoms with Crippen molar-refractivity contribution in [3.63, 3.8) is 0 Å². The van der Waals surface area contributed by atoms with E-state index in [-0.39, 0.29) is 10.6 Å². The Morgan fingerprint density at radius 2 is 1.94 bits per heavy atom. The van der Waals surface area contributed by atoms with Crippen LogP contribution in [0.3, 0.4) is 0 Å². The van der Waals surface area contributed by atoms with Crippen LogP contribution in [0.5, 0.6) is 0 Å². The second-order valence-electron chi connectivity index (χ2n) is 3.96. The molecule has 4 nitrogen and oxygen atoms in total. The van der Waals surface area contributed by atoms with Gasteiger partial charge in [0.15, 0.2) is 0 Å². The van der Waals surface area contributed by atoms with E-state index in [2.05, 4.69) is 4.90 Å². The summed E-state index contributed by atoms with van der Waals surface area (Å²) in [7, 11) is 0. The van der Waals surface area contributed by atoms with Gasteiger partial charge >= 0.3 is 0 Å². The first-order valence-electron chi connectivity index (χ1n) is 5.52. The van der Waals surface area contributed by atoms with Gasteiger partial charge in [-0.3, -0.25) is 9.69 Å². The maximum Gasteiger partial charge on any atom is 0.269 e. The lowest BCUT2D eigenvalue weighted by Crippen LogP contribution is -2.39. The molecule has 0 bridgehead atoms. The number of ether oxygens (including phenoxy) is 1. The molecule has 0 spiro atoms. The number of rotatable bonds is 3. The molecule has 1 aromatic rings. The zero-order chi connectivity index (χ0) is 12.3. The first-order valence-corrected chi connectivity index (χ1v) is 6.28. The highest BCUT2D eigenvalue weighted by Crippen LogP contribution is 2.11. The molecule has 1 fully saturated rings. The van der Waals surface area contributed by atoms with Crippen molar-refractivity contribution in [3.05, 3.63) is 32.7 Å². The molecule has 2 rings (SSSR count). The van der Waals surface area contributed by atoms with Gasteiger partial charge in [0.05, 0.1) is 18.2 Å². The van der Waals surface area contributed by atoms with Crippen molar-refractivity contribution in [1.29, 1.82) is 0 Å². The third kappa shape index (κ3) is 3.45. The minimum absolute atomic E-state index is 0.166. The molecular formula is C11H14Cl2N2O2. The first-order chi connectivity index (χ1) is 8.16. The Balaban J connectivity index is 2.00. The highest BCUT2D eigenvalue weighted by molar-refractivity contribution is 6.34. The molecule has 94 valence electrons. The topological polar surface area (TPSA) is 34.5 Å². The van der Waals surface area contributed by atoms with E-state index in [0.29, 0.717) is 11.6 Å². The quantitative estimate of drug-likeness (QED) is 0.839. The Kier molecular flexibility index (Phi) is 4.45. The molecule has 1 aromatic heterocycles. The molecule has 0 aromatic carbocycles. The van der Waals surface area contributed by atoms with Crippen LogP contribution in [0, 0.1) is 0 Å². The lowest BCUT2D eigenvalue weighted by molar-refractivity contribution is 0.0363. The zero-order valence-corrected chi connectivity index (χ0v) is 10.9. The normalized spacial score (nSPS) is 17.3. The van der Waals surface area contributed by atoms with Crippen LogP contribution < -0.4 is 5.56 Å². The molecule has 1 aliphatic rings. The van der Waals surface area contributed by atoms with E-state index < -0.39 is 0 Å². The number of halogens is 2. The van der Waals surface area contributed by atoms with Crippen LogP contribution in [0.4, 0.5) is 0 Å². The fourth-order valence-electron chi connectivity index (χ4n) is 1.80. The molecule has 0 atom stereocenters. The molecule has 0 aliphatic carbocycles. The second kappa shape index (κ2) is 5.87. The number of morpholine rings is 1. The minimum Gasteiger partial charge on any atom is -0.379 e. The summed E-state index contributed by atoms with van der Waals surface area (Å²) < 4.78 is 6.82. The van der Waals surface area contributed by atoms with Gasteiger partial charge < -0.3 is 9.30 Å². The number of hydrogen-bond acceptors (Lipinski definition) is 3. The maximum atomic E-state index is 11.7. The molecule has 0 saturated carbocycles. The fraction of sp³-hybridized carbons (Fsp3) is 0.545. The predicted molar refractivity (Wildman–Crippen MR) is 68.0 cm³/mol. The van der Waals surface area contributed by atoms with E-state index in [4.69, 9.17) is 27.9 Å². The SMILES string of the molecule is O=c1c(Cl)cc(Cl)cn1CCN1CCOCC1. The number of aromatic nitrogens is 1. The van der Waals surface area contributed by atoms with Crippen molar-refractivity contribution in [1.82, 2.24) is 9.47 Å². The molecule has 6 heteroatoms. The lowest BCUT2D eigenvalue weighted by Gasteiger charge is -2.26. The van der Waals surface area contributed by atoms with Gasteiger partial charge in [-0.1, -0.05) is 23.2 Å². The third-order valence-electron chi connectivity index (χ3n) is 2.77. The average molecular weight is 277 g/mol. The van der Waals surface area contributed by atoms with Gasteiger partial charge in [0.25, 0.3) is 5.56 Å². The molecule has 2 heterocycles. The summed E-state index contributed by atoms with van der Waals surface area (Å²) in [5.41, 5.74) is -0.190. The molecular weight excluding hydrogens is 263 g/mol. The van der Waals surface area contributed by atoms with E-state index in [9.17, 15) is 4.79 Å². The number of hydrogen-bond donors (Lipinski definition) is 0. The summed E-state index contributed by atoms with van der Waals surface area (Å²) in [4.78, 5) is 14.0. The summed E-state index contributed by atoms with van der Waals surface area (Å²) in [6.45, 7) is 4.72. The van der Waals surface area contributed by atoms with E-state index in [1.165, 1.54) is 6.07 Å². The maximum absolute atomic E-state index is 11.7. The van der Waals surface area contributed by atoms with E-state index in [1.54, 1.807) is 10.8 Å². The number of nitrogens with zero attached hydrogens (tertiary/aromatic N) is 2. The van der Waals surface area contributed by atoms with Gasteiger partial charge in [0, 0.05) is 32.4 Å². The van der Waals surface area contributed by atoms with Gasteiger partial charge in [0.1, 0.15) is 5.02 Å². The standard InChI is InChI=1S/C11H14Cl2N2O2/c12-9-7-10(13)11(16)15(8-9)2-1-14-3-5-17-6-4-14/h7-8H,1-6H2. The molecule has 0 N–H and O–H groups in total. The molecule has 1 aliphatic heterocycles. The van der Waals surface area contributed by atoms with Crippen LogP contribution in [-0.4, -0.2) is 42.3 Å². The highest BCUT2D eigenvalue weighted by Gasteiger charge is 2.11. The minimum atomic E-state index is -0.190. The van der Waals surface area contributed by atoms with Gasteiger partial charge in [0.2, 0.25) is 0 Å². The lowest BCUT2D eigenvalue weighted by atomic mass is 10.4. The van der Waals surface area contributed by atoms with Crippen molar-refractivity contribution in [2.75, 3.05) is 32.8 Å². The second-order valence-corrected chi connectivity index (χ2v) is 4.80. The van der Waals surface area contributed by atoms with Gasteiger partial charge in [-0.25, -0.2) is 0 Å². The van der Waals surface area contributed by atoms with Crippen LogP contribution in [0.25, 0.3) is 0 Å². The van der Waals surface area contributed by atoms with Crippen molar-refractivity contribution >= 4 is 23.2 Å². The Hall–Kier alpha value is -0.550. The predicted octanol–water partition coefficient (Wildman–Crippen LogP) is 1.49. The van der Waals surface area contributed by atoms with Crippen LogP contribution in [-0.2, 0) is 11.3 Å². The smallest absolute Gasteiger partial charge is 0.269 e. The molecule has 0 unspecified atom stereocenters. The molecule has 17 heavy (non-hydrogen) atoms. The monoisotopic (exact) mass is 276 g/mol. The van der Waals surface area contributed by atoms with Gasteiger partial charge in [-0.05, 0) is 6.07 Å². The summed E-state index contributed by atoms with van der Waals surface area (Å²) in [5.74, 6) is 0. The Bertz CT molecular complexity index is 442. The summed E-state index contributed by atoms with van der Waals surface area (Å²) in [6.07, 6.45) is 1.62.